The number of ether oxygens (including phenoxy) is 2. The highest BCUT2D eigenvalue weighted by molar-refractivity contribution is 9.09. The quantitative estimate of drug-likeness (QED) is 0.239. The monoisotopic (exact) mass is 672 g/mol. The van der Waals surface area contributed by atoms with Crippen LogP contribution in [0.1, 0.15) is 31.4 Å². The number of amides is 3. The molecule has 0 aliphatic carbocycles. The largest absolute Gasteiger partial charge is 0.394 e. The minimum Gasteiger partial charge on any atom is -0.394 e. The van der Waals surface area contributed by atoms with E-state index in [1.165, 1.54) is 4.90 Å². The average Bonchev–Trinajstić information content (AvgIpc) is 3.63. The maximum atomic E-state index is 14.8. The molecule has 1 aromatic carbocycles. The number of likely N-dealkylation sites (tertiary alicyclic amines) is 1. The van der Waals surface area contributed by atoms with Crippen molar-refractivity contribution in [2.75, 3.05) is 65.6 Å². The molecule has 240 valence electrons. The molecule has 1 N–H and O–H groups in total. The summed E-state index contributed by atoms with van der Waals surface area (Å²) in [7, 11) is 0. The van der Waals surface area contributed by atoms with Crippen molar-refractivity contribution < 1.29 is 29.0 Å². The number of benzene rings is 1. The highest BCUT2D eigenvalue weighted by atomic mass is 79.9. The number of halogens is 1. The van der Waals surface area contributed by atoms with E-state index in [9.17, 15) is 19.5 Å². The molecule has 3 unspecified atom stereocenters. The van der Waals surface area contributed by atoms with Gasteiger partial charge in [-0.2, -0.15) is 0 Å². The lowest BCUT2D eigenvalue weighted by Gasteiger charge is -2.40. The molecule has 4 heterocycles. The minimum absolute atomic E-state index is 0.162. The number of fused-ring (bicyclic) bond motifs is 1. The Hall–Kier alpha value is -2.57. The highest BCUT2D eigenvalue weighted by Gasteiger charge is 2.77. The molecule has 2 bridgehead atoms. The summed E-state index contributed by atoms with van der Waals surface area (Å²) in [6, 6.07) is 7.46. The van der Waals surface area contributed by atoms with Gasteiger partial charge in [-0.1, -0.05) is 65.3 Å². The van der Waals surface area contributed by atoms with Crippen LogP contribution < -0.4 is 0 Å². The Balaban J connectivity index is 1.56. The van der Waals surface area contributed by atoms with Gasteiger partial charge in [-0.3, -0.25) is 19.3 Å². The Morgan fingerprint density at radius 1 is 1.11 bits per heavy atom. The fraction of sp³-hybridized carbons (Fsp3) is 0.606. The van der Waals surface area contributed by atoms with Crippen LogP contribution in [0.3, 0.4) is 0 Å². The van der Waals surface area contributed by atoms with Crippen molar-refractivity contribution in [2.24, 2.45) is 11.8 Å². The molecule has 3 amide bonds. The van der Waals surface area contributed by atoms with E-state index in [2.05, 4.69) is 34.0 Å². The predicted molar refractivity (Wildman–Crippen MR) is 170 cm³/mol. The summed E-state index contributed by atoms with van der Waals surface area (Å²) in [4.78, 5) is 50.8. The number of hydrogen-bond donors (Lipinski definition) is 1. The summed E-state index contributed by atoms with van der Waals surface area (Å²) in [5.74, 6) is -2.36. The fourth-order valence-electron chi connectivity index (χ4n) is 7.63. The van der Waals surface area contributed by atoms with Gasteiger partial charge in [0, 0.05) is 50.6 Å². The van der Waals surface area contributed by atoms with Crippen LogP contribution in [0.5, 0.6) is 0 Å². The molecule has 0 aromatic heterocycles. The van der Waals surface area contributed by atoms with E-state index >= 15 is 0 Å². The number of carbonyl (C=O) groups is 3. The van der Waals surface area contributed by atoms with Gasteiger partial charge in [0.2, 0.25) is 17.7 Å². The maximum Gasteiger partial charge on any atom is 0.248 e. The van der Waals surface area contributed by atoms with Crippen molar-refractivity contribution in [3.63, 3.8) is 0 Å². The first-order chi connectivity index (χ1) is 21.3. The standard InChI is InChI=1S/C33H45BrN4O6/c1-4-12-36(13-5-2)30(40)26-27-31(41)38(25(22-39)23-10-8-7-9-11-23)29(33(27)21-24(34)28(26)44-33)32(42)37(14-6-3)16-15-35-17-19-43-20-18-35/h4,6-11,24-29,39H,1,3,5,12-22H2,2H3/t24?,25-,26+,27+,28+,29?,33?/m1/s1. The number of alkyl halides is 1. The van der Waals surface area contributed by atoms with Gasteiger partial charge in [0.05, 0.1) is 43.8 Å². The molecule has 1 spiro atoms. The second-order valence-electron chi connectivity index (χ2n) is 12.1. The normalized spacial score (nSPS) is 30.2. The predicted octanol–water partition coefficient (Wildman–Crippen LogP) is 2.24. The minimum atomic E-state index is -1.22. The SMILES string of the molecule is C=CCN(CCN1CCOCC1)C(=O)C1N([C@H](CO)c2ccccc2)C(=O)[C@@H]2[C@H](C(=O)N(CC=C)CCC)[C@H]3OC12CC3Br. The van der Waals surface area contributed by atoms with Gasteiger partial charge < -0.3 is 29.3 Å². The van der Waals surface area contributed by atoms with Crippen molar-refractivity contribution in [1.82, 2.24) is 19.6 Å². The lowest BCUT2D eigenvalue weighted by Crippen LogP contribution is -2.58. The zero-order chi connectivity index (χ0) is 31.4. The third kappa shape index (κ3) is 5.89. The van der Waals surface area contributed by atoms with E-state index in [-0.39, 0.29) is 29.2 Å². The van der Waals surface area contributed by atoms with Crippen molar-refractivity contribution in [3.8, 4) is 0 Å². The molecule has 4 aliphatic rings. The summed E-state index contributed by atoms with van der Waals surface area (Å²) in [6.07, 6.45) is 3.99. The number of nitrogens with zero attached hydrogens (tertiary/aromatic N) is 4. The number of morpholine rings is 1. The molecule has 4 saturated heterocycles. The number of hydrogen-bond acceptors (Lipinski definition) is 7. The third-order valence-corrected chi connectivity index (χ3v) is 10.4. The molecule has 4 fully saturated rings. The van der Waals surface area contributed by atoms with E-state index < -0.39 is 35.6 Å². The number of aliphatic hydroxyl groups is 1. The molecule has 7 atom stereocenters. The Kier molecular flexibility index (Phi) is 10.6. The summed E-state index contributed by atoms with van der Waals surface area (Å²) in [6.45, 7) is 14.5. The van der Waals surface area contributed by atoms with Crippen molar-refractivity contribution in [3.05, 3.63) is 61.2 Å². The Bertz CT molecular complexity index is 1210. The van der Waals surface area contributed by atoms with E-state index in [0.29, 0.717) is 57.9 Å². The van der Waals surface area contributed by atoms with Crippen LogP contribution in [0, 0.1) is 11.8 Å². The van der Waals surface area contributed by atoms with Crippen LogP contribution in [-0.4, -0.2) is 131 Å². The van der Waals surface area contributed by atoms with Gasteiger partial charge in [-0.25, -0.2) is 0 Å². The first-order valence-electron chi connectivity index (χ1n) is 15.7. The topological polar surface area (TPSA) is 103 Å². The first kappa shape index (κ1) is 32.8. The Morgan fingerprint density at radius 3 is 2.39 bits per heavy atom. The third-order valence-electron chi connectivity index (χ3n) is 9.54. The first-order valence-corrected chi connectivity index (χ1v) is 16.6. The van der Waals surface area contributed by atoms with Crippen LogP contribution in [0.15, 0.2) is 55.6 Å². The number of aliphatic hydroxyl groups excluding tert-OH is 1. The van der Waals surface area contributed by atoms with Gasteiger partial charge in [-0.15, -0.1) is 13.2 Å². The highest BCUT2D eigenvalue weighted by Crippen LogP contribution is 2.61. The molecule has 1 aromatic rings. The van der Waals surface area contributed by atoms with E-state index in [0.717, 1.165) is 19.5 Å². The maximum absolute atomic E-state index is 14.8. The molecule has 0 radical (unpaired) electrons. The molecule has 10 nitrogen and oxygen atoms in total. The van der Waals surface area contributed by atoms with Crippen molar-refractivity contribution in [2.45, 2.75) is 48.4 Å². The van der Waals surface area contributed by atoms with Crippen LogP contribution in [0.4, 0.5) is 0 Å². The smallest absolute Gasteiger partial charge is 0.248 e. The lowest BCUT2D eigenvalue weighted by molar-refractivity contribution is -0.152. The van der Waals surface area contributed by atoms with Crippen LogP contribution in [0.2, 0.25) is 0 Å². The number of carbonyl (C=O) groups excluding carboxylic acids is 3. The Labute approximate surface area is 268 Å². The molecule has 44 heavy (non-hydrogen) atoms. The van der Waals surface area contributed by atoms with Gasteiger partial charge >= 0.3 is 0 Å². The Morgan fingerprint density at radius 2 is 1.77 bits per heavy atom. The van der Waals surface area contributed by atoms with Gasteiger partial charge in [0.1, 0.15) is 11.6 Å². The molecular formula is C33H45BrN4O6. The van der Waals surface area contributed by atoms with Crippen molar-refractivity contribution in [1.29, 1.82) is 0 Å². The van der Waals surface area contributed by atoms with Crippen LogP contribution >= 0.6 is 15.9 Å². The van der Waals surface area contributed by atoms with Gasteiger partial charge in [-0.05, 0) is 18.4 Å². The molecule has 11 heteroatoms. The van der Waals surface area contributed by atoms with Crippen molar-refractivity contribution >= 4 is 33.7 Å². The van der Waals surface area contributed by atoms with Crippen LogP contribution in [0.25, 0.3) is 0 Å². The zero-order valence-corrected chi connectivity index (χ0v) is 27.1. The fourth-order valence-corrected chi connectivity index (χ4v) is 8.57. The summed E-state index contributed by atoms with van der Waals surface area (Å²) < 4.78 is 12.3. The van der Waals surface area contributed by atoms with E-state index in [1.807, 2.05) is 37.3 Å². The molecule has 5 rings (SSSR count). The summed E-state index contributed by atoms with van der Waals surface area (Å²) >= 11 is 3.77. The number of rotatable bonds is 14. The second-order valence-corrected chi connectivity index (χ2v) is 13.3. The van der Waals surface area contributed by atoms with Gasteiger partial charge in [0.25, 0.3) is 0 Å². The molecular weight excluding hydrogens is 628 g/mol. The zero-order valence-electron chi connectivity index (χ0n) is 25.6. The second kappa shape index (κ2) is 14.2. The molecule has 4 aliphatic heterocycles. The molecule has 0 saturated carbocycles. The lowest BCUT2D eigenvalue weighted by atomic mass is 9.70. The van der Waals surface area contributed by atoms with Crippen LogP contribution in [-0.2, 0) is 23.9 Å². The average molecular weight is 674 g/mol. The van der Waals surface area contributed by atoms with Gasteiger partial charge in [0.15, 0.2) is 0 Å². The van der Waals surface area contributed by atoms with E-state index in [4.69, 9.17) is 9.47 Å². The summed E-state index contributed by atoms with van der Waals surface area (Å²) in [5.41, 5.74) is -0.506. The summed E-state index contributed by atoms with van der Waals surface area (Å²) in [5, 5.41) is 10.8. The van der Waals surface area contributed by atoms with E-state index in [1.54, 1.807) is 22.0 Å².